The number of benzene rings is 3. The first kappa shape index (κ1) is 24.3. The fraction of sp³-hybridized carbons (Fsp3) is 0.208. The average Bonchev–Trinajstić information content (AvgIpc) is 3.24. The van der Waals surface area contributed by atoms with Gasteiger partial charge >= 0.3 is 6.18 Å². The Bertz CT molecular complexity index is 1280. The highest BCUT2D eigenvalue weighted by molar-refractivity contribution is 7.89. The summed E-state index contributed by atoms with van der Waals surface area (Å²) in [5.74, 6) is -0.0255. The highest BCUT2D eigenvalue weighted by Crippen LogP contribution is 2.31. The zero-order valence-electron chi connectivity index (χ0n) is 17.8. The van der Waals surface area contributed by atoms with E-state index in [1.807, 2.05) is 42.5 Å². The molecule has 1 atom stereocenters. The van der Waals surface area contributed by atoms with Crippen molar-refractivity contribution in [2.75, 3.05) is 19.6 Å². The van der Waals surface area contributed by atoms with Gasteiger partial charge in [0.1, 0.15) is 0 Å². The van der Waals surface area contributed by atoms with Crippen molar-refractivity contribution in [3.63, 3.8) is 0 Å². The van der Waals surface area contributed by atoms with Crippen LogP contribution in [0.1, 0.15) is 22.6 Å². The predicted octanol–water partition coefficient (Wildman–Crippen LogP) is 5.14. The minimum absolute atomic E-state index is 0.0164. The third kappa shape index (κ3) is 5.60. The molecule has 3 aromatic carbocycles. The van der Waals surface area contributed by atoms with Gasteiger partial charge in [0.2, 0.25) is 10.0 Å². The Hall–Kier alpha value is -2.88. The lowest BCUT2D eigenvalue weighted by Crippen LogP contribution is -2.32. The molecule has 1 heterocycles. The summed E-state index contributed by atoms with van der Waals surface area (Å²) < 4.78 is 66.3. The van der Waals surface area contributed by atoms with Crippen LogP contribution in [0.15, 0.2) is 88.9 Å². The minimum Gasteiger partial charge on any atom is -0.294 e. The van der Waals surface area contributed by atoms with Gasteiger partial charge in [-0.3, -0.25) is 5.01 Å². The van der Waals surface area contributed by atoms with E-state index in [0.717, 1.165) is 35.0 Å². The Kier molecular flexibility index (Phi) is 6.97. The van der Waals surface area contributed by atoms with Crippen molar-refractivity contribution < 1.29 is 21.6 Å². The Morgan fingerprint density at radius 3 is 2.38 bits per heavy atom. The van der Waals surface area contributed by atoms with Crippen molar-refractivity contribution >= 4 is 27.3 Å². The lowest BCUT2D eigenvalue weighted by molar-refractivity contribution is -0.137. The molecule has 1 unspecified atom stereocenters. The molecule has 178 valence electrons. The molecule has 4 rings (SSSR count). The fourth-order valence-electron chi connectivity index (χ4n) is 3.76. The van der Waals surface area contributed by atoms with E-state index in [-0.39, 0.29) is 19.0 Å². The molecule has 1 aliphatic heterocycles. The summed E-state index contributed by atoms with van der Waals surface area (Å²) in [5, 5.41) is 7.08. The van der Waals surface area contributed by atoms with E-state index >= 15 is 0 Å². The zero-order valence-corrected chi connectivity index (χ0v) is 19.4. The van der Waals surface area contributed by atoms with Crippen molar-refractivity contribution in [2.24, 2.45) is 5.10 Å². The summed E-state index contributed by atoms with van der Waals surface area (Å²) >= 11 is 6.02. The largest absolute Gasteiger partial charge is 0.416 e. The molecule has 0 saturated heterocycles. The highest BCUT2D eigenvalue weighted by atomic mass is 35.5. The normalized spacial score (nSPS) is 16.5. The molecule has 1 N–H and O–H groups in total. The van der Waals surface area contributed by atoms with Gasteiger partial charge < -0.3 is 0 Å². The van der Waals surface area contributed by atoms with Crippen molar-refractivity contribution in [1.82, 2.24) is 9.73 Å². The van der Waals surface area contributed by atoms with Gasteiger partial charge in [-0.25, -0.2) is 13.1 Å². The second-order valence-electron chi connectivity index (χ2n) is 7.79. The van der Waals surface area contributed by atoms with Crippen LogP contribution in [0.3, 0.4) is 0 Å². The van der Waals surface area contributed by atoms with E-state index in [2.05, 4.69) is 4.72 Å². The number of nitrogens with one attached hydrogen (secondary N) is 1. The van der Waals surface area contributed by atoms with E-state index in [1.54, 1.807) is 17.1 Å². The van der Waals surface area contributed by atoms with E-state index in [1.165, 1.54) is 0 Å². The molecule has 3 aromatic rings. The summed E-state index contributed by atoms with van der Waals surface area (Å²) in [4.78, 5) is -0.434. The van der Waals surface area contributed by atoms with Crippen LogP contribution in [0.2, 0.25) is 5.02 Å². The van der Waals surface area contributed by atoms with Gasteiger partial charge in [0.15, 0.2) is 0 Å². The summed E-state index contributed by atoms with van der Waals surface area (Å²) in [7, 11) is -4.11. The lowest BCUT2D eigenvalue weighted by atomic mass is 9.91. The van der Waals surface area contributed by atoms with Crippen molar-refractivity contribution in [3.8, 4) is 0 Å². The second-order valence-corrected chi connectivity index (χ2v) is 9.99. The number of hydrazone groups is 1. The van der Waals surface area contributed by atoms with Crippen molar-refractivity contribution in [2.45, 2.75) is 17.0 Å². The van der Waals surface area contributed by atoms with Crippen LogP contribution in [0.5, 0.6) is 0 Å². The summed E-state index contributed by atoms with van der Waals surface area (Å²) in [6.07, 6.45) is -4.62. The number of hydrogen-bond donors (Lipinski definition) is 1. The Labute approximate surface area is 200 Å². The molecule has 0 spiro atoms. The molecule has 0 aliphatic carbocycles. The topological polar surface area (TPSA) is 61.8 Å². The molecule has 1 aliphatic rings. The number of alkyl halides is 3. The first-order valence-electron chi connectivity index (χ1n) is 10.4. The molecule has 0 aromatic heterocycles. The molecular formula is C24H21ClF3N3O2S. The van der Waals surface area contributed by atoms with E-state index < -0.39 is 26.7 Å². The monoisotopic (exact) mass is 507 g/mol. The van der Waals surface area contributed by atoms with Gasteiger partial charge in [-0.1, -0.05) is 60.1 Å². The summed E-state index contributed by atoms with van der Waals surface area (Å²) in [6, 6.07) is 20.8. The predicted molar refractivity (Wildman–Crippen MR) is 125 cm³/mol. The molecule has 5 nitrogen and oxygen atoms in total. The maximum Gasteiger partial charge on any atom is 0.416 e. The fourth-order valence-corrected chi connectivity index (χ4v) is 4.95. The maximum absolute atomic E-state index is 12.9. The number of sulfonamides is 1. The smallest absolute Gasteiger partial charge is 0.294 e. The maximum atomic E-state index is 12.9. The van der Waals surface area contributed by atoms with Gasteiger partial charge in [0.05, 0.1) is 16.2 Å². The number of halogens is 4. The van der Waals surface area contributed by atoms with Gasteiger partial charge in [0, 0.05) is 30.6 Å². The zero-order chi connectivity index (χ0) is 24.3. The first-order chi connectivity index (χ1) is 16.1. The van der Waals surface area contributed by atoms with Crippen molar-refractivity contribution in [3.05, 3.63) is 101 Å². The number of hydrogen-bond acceptors (Lipinski definition) is 4. The third-order valence-electron chi connectivity index (χ3n) is 5.45. The molecule has 0 radical (unpaired) electrons. The van der Waals surface area contributed by atoms with Crippen LogP contribution in [-0.2, 0) is 16.2 Å². The molecular weight excluding hydrogens is 487 g/mol. The van der Waals surface area contributed by atoms with Crippen molar-refractivity contribution in [1.29, 1.82) is 0 Å². The standard InChI is InChI=1S/C24H21ClF3N3O2S/c25-20-11-9-18(10-12-20)23-22(17-5-2-1-3-6-17)16-31(30-23)14-13-29-34(32,33)21-8-4-7-19(15-21)24(26,27)28/h1-12,15,22,29H,13-14,16H2. The number of nitrogens with zero attached hydrogens (tertiary/aromatic N) is 2. The highest BCUT2D eigenvalue weighted by Gasteiger charge is 2.32. The average molecular weight is 508 g/mol. The third-order valence-corrected chi connectivity index (χ3v) is 7.16. The van der Waals surface area contributed by atoms with Crippen LogP contribution >= 0.6 is 11.6 Å². The van der Waals surface area contributed by atoms with Gasteiger partial charge in [-0.15, -0.1) is 0 Å². The van der Waals surface area contributed by atoms with Crippen LogP contribution in [0.4, 0.5) is 13.2 Å². The molecule has 0 bridgehead atoms. The van der Waals surface area contributed by atoms with Crippen LogP contribution in [0, 0.1) is 0 Å². The minimum atomic E-state index is -4.62. The van der Waals surface area contributed by atoms with E-state index in [9.17, 15) is 21.6 Å². The molecule has 0 saturated carbocycles. The molecule has 0 amide bonds. The Morgan fingerprint density at radius 1 is 1.00 bits per heavy atom. The number of rotatable bonds is 7. The Morgan fingerprint density at radius 2 is 1.71 bits per heavy atom. The van der Waals surface area contributed by atoms with Gasteiger partial charge in [0.25, 0.3) is 0 Å². The first-order valence-corrected chi connectivity index (χ1v) is 12.3. The van der Waals surface area contributed by atoms with Crippen LogP contribution in [-0.4, -0.2) is 38.8 Å². The SMILES string of the molecule is O=S(=O)(NCCN1CC(c2ccccc2)C(c2ccc(Cl)cc2)=N1)c1cccc(C(F)(F)F)c1. The molecule has 0 fully saturated rings. The van der Waals surface area contributed by atoms with Gasteiger partial charge in [-0.2, -0.15) is 18.3 Å². The van der Waals surface area contributed by atoms with E-state index in [4.69, 9.17) is 16.7 Å². The molecule has 34 heavy (non-hydrogen) atoms. The van der Waals surface area contributed by atoms with Gasteiger partial charge in [-0.05, 0) is 41.5 Å². The molecule has 10 heteroatoms. The lowest BCUT2D eigenvalue weighted by Gasteiger charge is -2.17. The van der Waals surface area contributed by atoms with Crippen LogP contribution in [0.25, 0.3) is 0 Å². The second kappa shape index (κ2) is 9.77. The quantitative estimate of drug-likeness (QED) is 0.481. The summed E-state index contributed by atoms with van der Waals surface area (Å²) in [5.41, 5.74) is 1.80. The van der Waals surface area contributed by atoms with E-state index in [0.29, 0.717) is 17.6 Å². The Balaban J connectivity index is 1.48. The summed E-state index contributed by atoms with van der Waals surface area (Å²) in [6.45, 7) is 0.767. The van der Waals surface area contributed by atoms with Crippen LogP contribution < -0.4 is 4.72 Å².